The van der Waals surface area contributed by atoms with Gasteiger partial charge in [-0.3, -0.25) is 4.79 Å². The number of carbonyl (C=O) groups excluding carboxylic acids is 1. The quantitative estimate of drug-likeness (QED) is 0.698. The Bertz CT molecular complexity index is 826. The lowest BCUT2D eigenvalue weighted by molar-refractivity contribution is 0.101. The number of piperidine rings is 1. The number of Topliss-reactive ketones (excluding diaryl/α,β-unsaturated/α-hetero) is 1. The zero-order valence-electron chi connectivity index (χ0n) is 14.8. The second-order valence-corrected chi connectivity index (χ2v) is 11.2. The predicted molar refractivity (Wildman–Crippen MR) is 96.9 cm³/mol. The van der Waals surface area contributed by atoms with Gasteiger partial charge in [0.15, 0.2) is 15.6 Å². The molecule has 1 heterocycles. The Morgan fingerprint density at radius 3 is 2.28 bits per heavy atom. The monoisotopic (exact) mass is 387 g/mol. The molecule has 1 aliphatic rings. The molecule has 1 fully saturated rings. The van der Waals surface area contributed by atoms with Crippen LogP contribution in [0.2, 0.25) is 0 Å². The minimum Gasteiger partial charge on any atom is -0.295 e. The maximum Gasteiger partial charge on any atom is 0.243 e. The van der Waals surface area contributed by atoms with Crippen LogP contribution in [0.3, 0.4) is 0 Å². The molecule has 25 heavy (non-hydrogen) atoms. The SMILES string of the molecule is CC(=O)c1ccc(S(=O)(=O)N2CCC[C@@H](S(=O)(=O)CC(C)C)C2)cc1. The normalized spacial score (nSPS) is 19.9. The molecule has 1 aromatic carbocycles. The molecule has 0 spiro atoms. The van der Waals surface area contributed by atoms with Crippen molar-refractivity contribution < 1.29 is 21.6 Å². The van der Waals surface area contributed by atoms with E-state index in [1.165, 1.54) is 35.5 Å². The lowest BCUT2D eigenvalue weighted by Crippen LogP contribution is -2.46. The van der Waals surface area contributed by atoms with Crippen molar-refractivity contribution in [1.29, 1.82) is 0 Å². The van der Waals surface area contributed by atoms with E-state index in [-0.39, 0.29) is 28.9 Å². The predicted octanol–water partition coefficient (Wildman–Crippen LogP) is 2.11. The van der Waals surface area contributed by atoms with E-state index >= 15 is 0 Å². The molecule has 0 saturated carbocycles. The fourth-order valence-electron chi connectivity index (χ4n) is 3.03. The zero-order valence-corrected chi connectivity index (χ0v) is 16.4. The molecule has 2 rings (SSSR count). The minimum atomic E-state index is -3.77. The van der Waals surface area contributed by atoms with Gasteiger partial charge in [-0.25, -0.2) is 16.8 Å². The smallest absolute Gasteiger partial charge is 0.243 e. The Labute approximate surface area is 150 Å². The Kier molecular flexibility index (Phi) is 6.06. The molecular weight excluding hydrogens is 362 g/mol. The second-order valence-electron chi connectivity index (χ2n) is 6.93. The molecule has 1 saturated heterocycles. The molecule has 0 radical (unpaired) electrons. The summed E-state index contributed by atoms with van der Waals surface area (Å²) in [5.74, 6) is -0.0587. The van der Waals surface area contributed by atoms with Crippen molar-refractivity contribution in [3.63, 3.8) is 0 Å². The second kappa shape index (κ2) is 7.55. The summed E-state index contributed by atoms with van der Waals surface area (Å²) in [6, 6.07) is 5.76. The maximum absolute atomic E-state index is 12.8. The van der Waals surface area contributed by atoms with Gasteiger partial charge in [0.05, 0.1) is 15.9 Å². The van der Waals surface area contributed by atoms with Crippen molar-refractivity contribution in [2.45, 2.75) is 43.8 Å². The standard InChI is InChI=1S/C17H25NO5S2/c1-13(2)12-24(20,21)17-5-4-10-18(11-17)25(22,23)16-8-6-15(7-9-16)14(3)19/h6-9,13,17H,4-5,10-12H2,1-3H3/t17-/m1/s1. The first-order valence-corrected chi connectivity index (χ1v) is 11.5. The van der Waals surface area contributed by atoms with Crippen molar-refractivity contribution in [2.75, 3.05) is 18.8 Å². The van der Waals surface area contributed by atoms with Crippen LogP contribution in [-0.4, -0.2) is 51.0 Å². The van der Waals surface area contributed by atoms with Gasteiger partial charge in [-0.2, -0.15) is 4.31 Å². The van der Waals surface area contributed by atoms with Crippen LogP contribution in [0.25, 0.3) is 0 Å². The summed E-state index contributed by atoms with van der Waals surface area (Å²) in [6.45, 7) is 5.39. The fraction of sp³-hybridized carbons (Fsp3) is 0.588. The highest BCUT2D eigenvalue weighted by Crippen LogP contribution is 2.25. The largest absolute Gasteiger partial charge is 0.295 e. The number of carbonyl (C=O) groups is 1. The van der Waals surface area contributed by atoms with Gasteiger partial charge in [0.2, 0.25) is 10.0 Å². The Balaban J connectivity index is 2.23. The van der Waals surface area contributed by atoms with Crippen molar-refractivity contribution in [3.8, 4) is 0 Å². The van der Waals surface area contributed by atoms with E-state index in [0.29, 0.717) is 24.9 Å². The first kappa shape index (κ1) is 20.1. The first-order valence-electron chi connectivity index (χ1n) is 8.37. The Morgan fingerprint density at radius 2 is 1.76 bits per heavy atom. The third-order valence-electron chi connectivity index (χ3n) is 4.31. The molecule has 6 nitrogen and oxygen atoms in total. The van der Waals surface area contributed by atoms with Crippen molar-refractivity contribution in [1.82, 2.24) is 4.31 Å². The summed E-state index contributed by atoms with van der Waals surface area (Å²) >= 11 is 0. The van der Waals surface area contributed by atoms with E-state index < -0.39 is 25.1 Å². The van der Waals surface area contributed by atoms with Crippen LogP contribution in [0.5, 0.6) is 0 Å². The number of hydrogen-bond donors (Lipinski definition) is 0. The van der Waals surface area contributed by atoms with E-state index in [1.807, 2.05) is 13.8 Å². The summed E-state index contributed by atoms with van der Waals surface area (Å²) in [4.78, 5) is 11.4. The van der Waals surface area contributed by atoms with E-state index in [4.69, 9.17) is 0 Å². The Hall–Kier alpha value is -1.25. The van der Waals surface area contributed by atoms with Crippen molar-refractivity contribution >= 4 is 25.6 Å². The van der Waals surface area contributed by atoms with Gasteiger partial charge in [-0.1, -0.05) is 26.0 Å². The number of benzene rings is 1. The number of sulfone groups is 1. The number of nitrogens with zero attached hydrogens (tertiary/aromatic N) is 1. The number of sulfonamides is 1. The third-order valence-corrected chi connectivity index (χ3v) is 8.72. The van der Waals surface area contributed by atoms with Crippen molar-refractivity contribution in [2.24, 2.45) is 5.92 Å². The van der Waals surface area contributed by atoms with E-state index in [9.17, 15) is 21.6 Å². The van der Waals surface area contributed by atoms with Gasteiger partial charge < -0.3 is 0 Å². The highest BCUT2D eigenvalue weighted by atomic mass is 32.2. The Morgan fingerprint density at radius 1 is 1.16 bits per heavy atom. The molecule has 0 aliphatic carbocycles. The van der Waals surface area contributed by atoms with Crippen LogP contribution in [0.4, 0.5) is 0 Å². The van der Waals surface area contributed by atoms with Crippen molar-refractivity contribution in [3.05, 3.63) is 29.8 Å². The van der Waals surface area contributed by atoms with Gasteiger partial charge in [-0.15, -0.1) is 0 Å². The highest BCUT2D eigenvalue weighted by molar-refractivity contribution is 7.92. The summed E-state index contributed by atoms with van der Waals surface area (Å²) in [7, 11) is -7.10. The average Bonchev–Trinajstić information content (AvgIpc) is 2.54. The summed E-state index contributed by atoms with van der Waals surface area (Å²) in [5.41, 5.74) is 0.440. The number of rotatable bonds is 6. The third kappa shape index (κ3) is 4.68. The molecule has 1 aromatic rings. The van der Waals surface area contributed by atoms with Crippen LogP contribution >= 0.6 is 0 Å². The van der Waals surface area contributed by atoms with Crippen LogP contribution in [-0.2, 0) is 19.9 Å². The first-order chi connectivity index (χ1) is 11.5. The van der Waals surface area contributed by atoms with E-state index in [1.54, 1.807) is 0 Å². The van der Waals surface area contributed by atoms with Gasteiger partial charge in [0.1, 0.15) is 0 Å². The summed E-state index contributed by atoms with van der Waals surface area (Å²) in [5, 5.41) is -0.657. The zero-order chi connectivity index (χ0) is 18.8. The lowest BCUT2D eigenvalue weighted by Gasteiger charge is -2.32. The highest BCUT2D eigenvalue weighted by Gasteiger charge is 2.36. The fourth-order valence-corrected chi connectivity index (χ4v) is 6.78. The number of hydrogen-bond acceptors (Lipinski definition) is 5. The van der Waals surface area contributed by atoms with E-state index in [2.05, 4.69) is 0 Å². The summed E-state index contributed by atoms with van der Waals surface area (Å²) in [6.07, 6.45) is 1.01. The van der Waals surface area contributed by atoms with Gasteiger partial charge in [-0.05, 0) is 37.8 Å². The molecule has 0 unspecified atom stereocenters. The topological polar surface area (TPSA) is 88.6 Å². The lowest BCUT2D eigenvalue weighted by atomic mass is 10.2. The molecule has 0 aromatic heterocycles. The molecule has 8 heteroatoms. The molecule has 140 valence electrons. The number of ketones is 1. The van der Waals surface area contributed by atoms with Gasteiger partial charge in [0.25, 0.3) is 0 Å². The molecule has 0 N–H and O–H groups in total. The van der Waals surface area contributed by atoms with Crippen LogP contribution in [0.1, 0.15) is 44.0 Å². The maximum atomic E-state index is 12.8. The molecular formula is C17H25NO5S2. The molecule has 0 bridgehead atoms. The molecule has 1 aliphatic heterocycles. The van der Waals surface area contributed by atoms with Crippen LogP contribution < -0.4 is 0 Å². The van der Waals surface area contributed by atoms with Crippen LogP contribution in [0.15, 0.2) is 29.2 Å². The summed E-state index contributed by atoms with van der Waals surface area (Å²) < 4.78 is 51.8. The van der Waals surface area contributed by atoms with Crippen LogP contribution in [0, 0.1) is 5.92 Å². The van der Waals surface area contributed by atoms with E-state index in [0.717, 1.165) is 0 Å². The average molecular weight is 388 g/mol. The van der Waals surface area contributed by atoms with Gasteiger partial charge >= 0.3 is 0 Å². The van der Waals surface area contributed by atoms with Gasteiger partial charge in [0, 0.05) is 18.7 Å². The molecule has 0 amide bonds. The minimum absolute atomic E-state index is 0.00809. The molecule has 1 atom stereocenters.